The predicted molar refractivity (Wildman–Crippen MR) is 64.2 cm³/mol. The molecule has 2 rings (SSSR count). The first-order chi connectivity index (χ1) is 8.08. The van der Waals surface area contributed by atoms with Gasteiger partial charge in [-0.05, 0) is 41.5 Å². The van der Waals surface area contributed by atoms with Crippen LogP contribution in [0.15, 0.2) is 40.9 Å². The molecule has 0 radical (unpaired) electrons. The molecule has 4 heteroatoms. The molecule has 0 saturated carbocycles. The van der Waals surface area contributed by atoms with Crippen molar-refractivity contribution < 1.29 is 8.78 Å². The van der Waals surface area contributed by atoms with Gasteiger partial charge in [0.05, 0.1) is 11.6 Å². The second-order valence-corrected chi connectivity index (χ2v) is 4.41. The largest absolute Gasteiger partial charge is 0.207 e. The lowest BCUT2D eigenvalue weighted by Crippen LogP contribution is -1.86. The number of hydrogen-bond donors (Lipinski definition) is 0. The second kappa shape index (κ2) is 4.64. The van der Waals surface area contributed by atoms with Gasteiger partial charge in [0.25, 0.3) is 0 Å². The Hall–Kier alpha value is -1.73. The van der Waals surface area contributed by atoms with Crippen molar-refractivity contribution in [2.45, 2.75) is 0 Å². The van der Waals surface area contributed by atoms with Gasteiger partial charge in [-0.3, -0.25) is 0 Å². The molecular weight excluding hydrogens is 288 g/mol. The van der Waals surface area contributed by atoms with Gasteiger partial charge < -0.3 is 0 Å². The fraction of sp³-hybridized carbons (Fsp3) is 0. The molecule has 0 heterocycles. The zero-order chi connectivity index (χ0) is 12.4. The minimum atomic E-state index is -0.640. The first kappa shape index (κ1) is 11.7. The van der Waals surface area contributed by atoms with E-state index in [2.05, 4.69) is 15.9 Å². The van der Waals surface area contributed by atoms with Crippen LogP contribution in [0.2, 0.25) is 0 Å². The average molecular weight is 294 g/mol. The molecule has 0 unspecified atom stereocenters. The van der Waals surface area contributed by atoms with Gasteiger partial charge in [-0.25, -0.2) is 8.78 Å². The van der Waals surface area contributed by atoms with E-state index in [-0.39, 0.29) is 0 Å². The fourth-order valence-electron chi connectivity index (χ4n) is 1.54. The zero-order valence-electron chi connectivity index (χ0n) is 8.55. The van der Waals surface area contributed by atoms with E-state index >= 15 is 0 Å². The van der Waals surface area contributed by atoms with Crippen molar-refractivity contribution in [1.82, 2.24) is 0 Å². The molecule has 0 aliphatic heterocycles. The lowest BCUT2D eigenvalue weighted by Gasteiger charge is -2.04. The number of halogens is 3. The Morgan fingerprint density at radius 1 is 0.882 bits per heavy atom. The van der Waals surface area contributed by atoms with Crippen LogP contribution in [0.25, 0.3) is 11.1 Å². The molecule has 2 aromatic carbocycles. The van der Waals surface area contributed by atoms with Gasteiger partial charge in [0.15, 0.2) is 0 Å². The van der Waals surface area contributed by atoms with Crippen molar-refractivity contribution >= 4 is 15.9 Å². The molecule has 0 aromatic heterocycles. The van der Waals surface area contributed by atoms with Gasteiger partial charge in [0.2, 0.25) is 0 Å². The van der Waals surface area contributed by atoms with E-state index in [1.807, 2.05) is 6.07 Å². The summed E-state index contributed by atoms with van der Waals surface area (Å²) in [6.07, 6.45) is 0. The Labute approximate surface area is 105 Å². The smallest absolute Gasteiger partial charge is 0.126 e. The van der Waals surface area contributed by atoms with Gasteiger partial charge in [-0.15, -0.1) is 0 Å². The molecule has 0 amide bonds. The topological polar surface area (TPSA) is 23.8 Å². The summed E-state index contributed by atoms with van der Waals surface area (Å²) in [5.74, 6) is -1.28. The van der Waals surface area contributed by atoms with Crippen molar-refractivity contribution in [1.29, 1.82) is 5.26 Å². The summed E-state index contributed by atoms with van der Waals surface area (Å²) in [5.41, 5.74) is 1.42. The molecule has 0 spiro atoms. The number of rotatable bonds is 1. The number of nitrogens with zero attached hydrogens (tertiary/aromatic N) is 1. The summed E-state index contributed by atoms with van der Waals surface area (Å²) < 4.78 is 26.9. The Balaban J connectivity index is 2.60. The van der Waals surface area contributed by atoms with Gasteiger partial charge in [0, 0.05) is 10.5 Å². The van der Waals surface area contributed by atoms with E-state index in [4.69, 9.17) is 5.26 Å². The van der Waals surface area contributed by atoms with E-state index in [1.54, 1.807) is 18.2 Å². The monoisotopic (exact) mass is 293 g/mol. The molecule has 0 aliphatic carbocycles. The van der Waals surface area contributed by atoms with Gasteiger partial charge in [0.1, 0.15) is 11.6 Å². The van der Waals surface area contributed by atoms with Crippen LogP contribution in [-0.2, 0) is 0 Å². The summed E-state index contributed by atoms with van der Waals surface area (Å²) in [5, 5.41) is 8.82. The van der Waals surface area contributed by atoms with Crippen LogP contribution in [-0.4, -0.2) is 0 Å². The van der Waals surface area contributed by atoms with Crippen molar-refractivity contribution in [3.63, 3.8) is 0 Å². The standard InChI is InChI=1S/C13H6BrF2N/c14-11-2-8(7-17)1-9(3-11)10-4-12(15)6-13(16)5-10/h1-6H. The summed E-state index contributed by atoms with van der Waals surface area (Å²) in [7, 11) is 0. The number of benzene rings is 2. The highest BCUT2D eigenvalue weighted by molar-refractivity contribution is 9.10. The normalized spacial score (nSPS) is 10.0. The van der Waals surface area contributed by atoms with Crippen LogP contribution in [0.3, 0.4) is 0 Å². The molecule has 17 heavy (non-hydrogen) atoms. The van der Waals surface area contributed by atoms with Crippen molar-refractivity contribution in [2.24, 2.45) is 0 Å². The lowest BCUT2D eigenvalue weighted by atomic mass is 10.0. The zero-order valence-corrected chi connectivity index (χ0v) is 10.1. The maximum absolute atomic E-state index is 13.1. The number of hydrogen-bond acceptors (Lipinski definition) is 1. The Kier molecular flexibility index (Phi) is 3.21. The third-order valence-corrected chi connectivity index (χ3v) is 2.68. The molecule has 2 aromatic rings. The van der Waals surface area contributed by atoms with E-state index < -0.39 is 11.6 Å². The molecule has 84 valence electrons. The Morgan fingerprint density at radius 2 is 1.47 bits per heavy atom. The summed E-state index contributed by atoms with van der Waals surface area (Å²) in [6, 6.07) is 10.2. The van der Waals surface area contributed by atoms with Crippen molar-refractivity contribution in [3.05, 3.63) is 58.1 Å². The van der Waals surface area contributed by atoms with Crippen LogP contribution in [0.1, 0.15) is 5.56 Å². The van der Waals surface area contributed by atoms with Gasteiger partial charge in [-0.2, -0.15) is 5.26 Å². The van der Waals surface area contributed by atoms with Crippen LogP contribution >= 0.6 is 15.9 Å². The first-order valence-electron chi connectivity index (χ1n) is 4.75. The van der Waals surface area contributed by atoms with Crippen LogP contribution in [0, 0.1) is 23.0 Å². The third-order valence-electron chi connectivity index (χ3n) is 2.22. The SMILES string of the molecule is N#Cc1cc(Br)cc(-c2cc(F)cc(F)c2)c1. The Bertz CT molecular complexity index is 597. The molecule has 0 aliphatic rings. The van der Waals surface area contributed by atoms with Crippen molar-refractivity contribution in [3.8, 4) is 17.2 Å². The molecule has 1 nitrogen and oxygen atoms in total. The highest BCUT2D eigenvalue weighted by Gasteiger charge is 2.05. The van der Waals surface area contributed by atoms with Gasteiger partial charge >= 0.3 is 0 Å². The first-order valence-corrected chi connectivity index (χ1v) is 5.55. The fourth-order valence-corrected chi connectivity index (χ4v) is 2.03. The van der Waals surface area contributed by atoms with Crippen LogP contribution in [0.5, 0.6) is 0 Å². The highest BCUT2D eigenvalue weighted by Crippen LogP contribution is 2.26. The number of nitriles is 1. The molecule has 0 fully saturated rings. The van der Waals surface area contributed by atoms with E-state index in [1.165, 1.54) is 12.1 Å². The van der Waals surface area contributed by atoms with E-state index in [9.17, 15) is 8.78 Å². The summed E-state index contributed by atoms with van der Waals surface area (Å²) in [4.78, 5) is 0. The second-order valence-electron chi connectivity index (χ2n) is 3.50. The minimum Gasteiger partial charge on any atom is -0.207 e. The quantitative estimate of drug-likeness (QED) is 0.770. The van der Waals surface area contributed by atoms with Crippen molar-refractivity contribution in [2.75, 3.05) is 0 Å². The maximum atomic E-state index is 13.1. The van der Waals surface area contributed by atoms with Crippen LogP contribution < -0.4 is 0 Å². The molecule has 0 saturated heterocycles. The lowest BCUT2D eigenvalue weighted by molar-refractivity contribution is 0.584. The summed E-state index contributed by atoms with van der Waals surface area (Å²) in [6.45, 7) is 0. The molecule has 0 bridgehead atoms. The van der Waals surface area contributed by atoms with Gasteiger partial charge in [-0.1, -0.05) is 15.9 Å². The average Bonchev–Trinajstić information content (AvgIpc) is 2.26. The summed E-state index contributed by atoms with van der Waals surface area (Å²) >= 11 is 3.25. The molecule has 0 N–H and O–H groups in total. The maximum Gasteiger partial charge on any atom is 0.126 e. The Morgan fingerprint density at radius 3 is 2.06 bits per heavy atom. The highest BCUT2D eigenvalue weighted by atomic mass is 79.9. The van der Waals surface area contributed by atoms with E-state index in [0.29, 0.717) is 21.2 Å². The van der Waals surface area contributed by atoms with E-state index in [0.717, 1.165) is 6.07 Å². The third kappa shape index (κ3) is 2.69. The molecule has 0 atom stereocenters. The minimum absolute atomic E-state index is 0.403. The predicted octanol–water partition coefficient (Wildman–Crippen LogP) is 4.27. The van der Waals surface area contributed by atoms with Crippen LogP contribution in [0.4, 0.5) is 8.78 Å². The molecular formula is C13H6BrF2N.